The van der Waals surface area contributed by atoms with E-state index < -0.39 is 0 Å². The molecule has 0 unspecified atom stereocenters. The molecule has 0 fully saturated rings. The molecule has 0 saturated carbocycles. The molecule has 0 aromatic heterocycles. The predicted molar refractivity (Wildman–Crippen MR) is 36.1 cm³/mol. The third kappa shape index (κ3) is 3.28. The second kappa shape index (κ2) is 4.24. The van der Waals surface area contributed by atoms with Crippen molar-refractivity contribution in [2.75, 3.05) is 6.54 Å². The Morgan fingerprint density at radius 2 is 2.50 bits per heavy atom. The number of allylic oxidation sites excluding steroid dienone is 1. The molecule has 0 aliphatic rings. The van der Waals surface area contributed by atoms with Gasteiger partial charge in [0.25, 0.3) is 0 Å². The standard InChI is InChI=1S/C6H12N2/c1-3-5-8-6(7)4-2/h3-4,8H,1,5,7H2,2H3. The lowest BCUT2D eigenvalue weighted by atomic mass is 10.5. The monoisotopic (exact) mass is 112 g/mol. The predicted octanol–water partition coefficient (Wildman–Crippen LogP) is 0.582. The Morgan fingerprint density at radius 1 is 1.88 bits per heavy atom. The van der Waals surface area contributed by atoms with Gasteiger partial charge in [-0.3, -0.25) is 0 Å². The van der Waals surface area contributed by atoms with Gasteiger partial charge in [-0.1, -0.05) is 6.08 Å². The zero-order valence-corrected chi connectivity index (χ0v) is 5.15. The molecule has 0 radical (unpaired) electrons. The summed E-state index contributed by atoms with van der Waals surface area (Å²) in [6.45, 7) is 6.13. The highest BCUT2D eigenvalue weighted by Crippen LogP contribution is 1.72. The maximum atomic E-state index is 5.36. The SMILES string of the molecule is C=CCNC(N)=CC. The van der Waals surface area contributed by atoms with E-state index in [-0.39, 0.29) is 0 Å². The van der Waals surface area contributed by atoms with Gasteiger partial charge in [-0.05, 0) is 13.0 Å². The zero-order valence-electron chi connectivity index (χ0n) is 5.15. The molecule has 0 aromatic carbocycles. The van der Waals surface area contributed by atoms with Crippen molar-refractivity contribution in [3.63, 3.8) is 0 Å². The van der Waals surface area contributed by atoms with Crippen LogP contribution < -0.4 is 11.1 Å². The second-order valence-electron chi connectivity index (χ2n) is 1.41. The smallest absolute Gasteiger partial charge is 0.0918 e. The molecule has 0 atom stereocenters. The van der Waals surface area contributed by atoms with E-state index in [0.717, 1.165) is 6.54 Å². The van der Waals surface area contributed by atoms with Crippen molar-refractivity contribution in [1.29, 1.82) is 0 Å². The quantitative estimate of drug-likeness (QED) is 0.524. The Hall–Kier alpha value is -0.920. The molecule has 0 aromatic rings. The number of nitrogens with one attached hydrogen (secondary N) is 1. The van der Waals surface area contributed by atoms with Gasteiger partial charge in [0.15, 0.2) is 0 Å². The van der Waals surface area contributed by atoms with Crippen LogP contribution in [-0.2, 0) is 0 Å². The molecule has 8 heavy (non-hydrogen) atoms. The van der Waals surface area contributed by atoms with Crippen molar-refractivity contribution < 1.29 is 0 Å². The van der Waals surface area contributed by atoms with E-state index in [1.54, 1.807) is 6.08 Å². The van der Waals surface area contributed by atoms with Gasteiger partial charge in [0.2, 0.25) is 0 Å². The minimum absolute atomic E-state index is 0.699. The molecule has 0 amide bonds. The average Bonchev–Trinajstić information content (AvgIpc) is 1.83. The molecule has 0 spiro atoms. The lowest BCUT2D eigenvalue weighted by molar-refractivity contribution is 0.885. The van der Waals surface area contributed by atoms with E-state index in [4.69, 9.17) is 5.73 Å². The molecule has 0 heterocycles. The van der Waals surface area contributed by atoms with Gasteiger partial charge < -0.3 is 11.1 Å². The first kappa shape index (κ1) is 7.08. The van der Waals surface area contributed by atoms with Crippen LogP contribution in [0.4, 0.5) is 0 Å². The fourth-order valence-electron chi connectivity index (χ4n) is 0.292. The maximum absolute atomic E-state index is 5.36. The van der Waals surface area contributed by atoms with E-state index in [1.165, 1.54) is 0 Å². The van der Waals surface area contributed by atoms with Crippen molar-refractivity contribution >= 4 is 0 Å². The van der Waals surface area contributed by atoms with Crippen molar-refractivity contribution in [1.82, 2.24) is 5.32 Å². The summed E-state index contributed by atoms with van der Waals surface area (Å²) in [7, 11) is 0. The summed E-state index contributed by atoms with van der Waals surface area (Å²) in [6, 6.07) is 0. The molecule has 2 nitrogen and oxygen atoms in total. The van der Waals surface area contributed by atoms with E-state index in [2.05, 4.69) is 11.9 Å². The van der Waals surface area contributed by atoms with E-state index in [1.807, 2.05) is 13.0 Å². The van der Waals surface area contributed by atoms with Gasteiger partial charge in [0.05, 0.1) is 5.82 Å². The Labute approximate surface area is 50.1 Å². The molecule has 46 valence electrons. The average molecular weight is 112 g/mol. The first-order chi connectivity index (χ1) is 3.81. The molecule has 2 heteroatoms. The van der Waals surface area contributed by atoms with Crippen LogP contribution >= 0.6 is 0 Å². The number of rotatable bonds is 3. The first-order valence-electron chi connectivity index (χ1n) is 2.57. The minimum atomic E-state index is 0.699. The maximum Gasteiger partial charge on any atom is 0.0918 e. The minimum Gasteiger partial charge on any atom is -0.386 e. The van der Waals surface area contributed by atoms with E-state index in [0.29, 0.717) is 5.82 Å². The highest BCUT2D eigenvalue weighted by atomic mass is 15.0. The van der Waals surface area contributed by atoms with Crippen LogP contribution in [0.2, 0.25) is 0 Å². The largest absolute Gasteiger partial charge is 0.386 e. The van der Waals surface area contributed by atoms with Gasteiger partial charge >= 0.3 is 0 Å². The molecule has 0 rings (SSSR count). The highest BCUT2D eigenvalue weighted by Gasteiger charge is 1.77. The third-order valence-corrected chi connectivity index (χ3v) is 0.762. The molecule has 0 aliphatic heterocycles. The lowest BCUT2D eigenvalue weighted by Crippen LogP contribution is -2.19. The van der Waals surface area contributed by atoms with Gasteiger partial charge in [0.1, 0.15) is 0 Å². The summed E-state index contributed by atoms with van der Waals surface area (Å²) < 4.78 is 0. The summed E-state index contributed by atoms with van der Waals surface area (Å²) in [5, 5.41) is 2.90. The Morgan fingerprint density at radius 3 is 2.88 bits per heavy atom. The first-order valence-corrected chi connectivity index (χ1v) is 2.57. The van der Waals surface area contributed by atoms with Gasteiger partial charge in [-0.2, -0.15) is 0 Å². The summed E-state index contributed by atoms with van der Waals surface area (Å²) in [4.78, 5) is 0. The highest BCUT2D eigenvalue weighted by molar-refractivity contribution is 4.92. The van der Waals surface area contributed by atoms with Crippen LogP contribution in [0, 0.1) is 0 Å². The van der Waals surface area contributed by atoms with Gasteiger partial charge in [-0.15, -0.1) is 6.58 Å². The molecule has 0 bridgehead atoms. The number of nitrogens with two attached hydrogens (primary N) is 1. The van der Waals surface area contributed by atoms with Crippen LogP contribution in [0.15, 0.2) is 24.6 Å². The van der Waals surface area contributed by atoms with Gasteiger partial charge in [-0.25, -0.2) is 0 Å². The molecule has 0 aliphatic carbocycles. The van der Waals surface area contributed by atoms with Crippen LogP contribution in [0.5, 0.6) is 0 Å². The summed E-state index contributed by atoms with van der Waals surface area (Å²) in [5.74, 6) is 0.699. The number of hydrogen-bond acceptors (Lipinski definition) is 2. The summed E-state index contributed by atoms with van der Waals surface area (Å²) in [6.07, 6.45) is 3.57. The summed E-state index contributed by atoms with van der Waals surface area (Å²) >= 11 is 0. The second-order valence-corrected chi connectivity index (χ2v) is 1.41. The van der Waals surface area contributed by atoms with Crippen molar-refractivity contribution in [3.8, 4) is 0 Å². The zero-order chi connectivity index (χ0) is 6.41. The van der Waals surface area contributed by atoms with E-state index >= 15 is 0 Å². The van der Waals surface area contributed by atoms with Crippen molar-refractivity contribution in [2.45, 2.75) is 6.92 Å². The number of hydrogen-bond donors (Lipinski definition) is 2. The van der Waals surface area contributed by atoms with Crippen LogP contribution in [0.1, 0.15) is 6.92 Å². The Balaban J connectivity index is 3.24. The lowest BCUT2D eigenvalue weighted by Gasteiger charge is -1.98. The molecule has 3 N–H and O–H groups in total. The van der Waals surface area contributed by atoms with Gasteiger partial charge in [0, 0.05) is 6.54 Å². The normalized spacial score (nSPS) is 10.9. The fraction of sp³-hybridized carbons (Fsp3) is 0.333. The summed E-state index contributed by atoms with van der Waals surface area (Å²) in [5.41, 5.74) is 5.36. The van der Waals surface area contributed by atoms with Crippen molar-refractivity contribution in [2.24, 2.45) is 5.73 Å². The molecular weight excluding hydrogens is 100 g/mol. The van der Waals surface area contributed by atoms with Crippen molar-refractivity contribution in [3.05, 3.63) is 24.6 Å². The van der Waals surface area contributed by atoms with E-state index in [9.17, 15) is 0 Å². The topological polar surface area (TPSA) is 38.0 Å². The fourth-order valence-corrected chi connectivity index (χ4v) is 0.292. The Kier molecular flexibility index (Phi) is 3.76. The third-order valence-electron chi connectivity index (χ3n) is 0.762. The molecular formula is C6H12N2. The van der Waals surface area contributed by atoms with Crippen LogP contribution in [-0.4, -0.2) is 6.54 Å². The van der Waals surface area contributed by atoms with Crippen LogP contribution in [0.3, 0.4) is 0 Å². The molecule has 0 saturated heterocycles. The van der Waals surface area contributed by atoms with Crippen LogP contribution in [0.25, 0.3) is 0 Å². The Bertz CT molecular complexity index is 94.7.